The van der Waals surface area contributed by atoms with Crippen LogP contribution >= 0.6 is 11.6 Å². The van der Waals surface area contributed by atoms with E-state index in [9.17, 15) is 34.8 Å². The standard InChI is InChI=1S/C30H27ClF3N3O5S2/c1-19-4-9-26(10-5-19)44(41,42)37(24-15-20(2)14-21(3)16-24)18-29(38)35-22-6-11-25(12-7-22)43(39,40)36-23-8-13-28(31)27(17-23)30(32,33)34/h4-17,36H,18H2,1-3H3,(H,35,38). The van der Waals surface area contributed by atoms with Crippen LogP contribution in [0.3, 0.4) is 0 Å². The number of sulfonamides is 2. The van der Waals surface area contributed by atoms with Crippen molar-refractivity contribution in [3.8, 4) is 0 Å². The molecule has 4 rings (SSSR count). The van der Waals surface area contributed by atoms with Crippen LogP contribution < -0.4 is 14.3 Å². The van der Waals surface area contributed by atoms with Gasteiger partial charge in [-0.05, 0) is 98.6 Å². The number of rotatable bonds is 9. The number of alkyl halides is 3. The number of carbonyl (C=O) groups excluding carboxylic acids is 1. The molecule has 0 spiro atoms. The van der Waals surface area contributed by atoms with E-state index in [0.717, 1.165) is 45.3 Å². The Bertz CT molecular complexity index is 1890. The summed E-state index contributed by atoms with van der Waals surface area (Å²) in [5.74, 6) is -0.700. The molecule has 4 aromatic carbocycles. The van der Waals surface area contributed by atoms with Crippen LogP contribution in [0.1, 0.15) is 22.3 Å². The lowest BCUT2D eigenvalue weighted by Crippen LogP contribution is -2.38. The Kier molecular flexibility index (Phi) is 9.33. The Morgan fingerprint density at radius 1 is 0.750 bits per heavy atom. The molecule has 0 radical (unpaired) electrons. The van der Waals surface area contributed by atoms with Gasteiger partial charge in [0.25, 0.3) is 20.0 Å². The van der Waals surface area contributed by atoms with Crippen LogP contribution in [0.5, 0.6) is 0 Å². The van der Waals surface area contributed by atoms with Crippen LogP contribution in [0.4, 0.5) is 30.2 Å². The van der Waals surface area contributed by atoms with Crippen LogP contribution in [-0.2, 0) is 31.0 Å². The maximum absolute atomic E-state index is 13.7. The topological polar surface area (TPSA) is 113 Å². The zero-order valence-corrected chi connectivity index (χ0v) is 26.0. The minimum absolute atomic E-state index is 0.000149. The summed E-state index contributed by atoms with van der Waals surface area (Å²) in [6.07, 6.45) is -4.79. The van der Waals surface area contributed by atoms with Crippen molar-refractivity contribution < 1.29 is 34.8 Å². The summed E-state index contributed by atoms with van der Waals surface area (Å²) >= 11 is 5.60. The molecule has 0 aliphatic carbocycles. The summed E-state index contributed by atoms with van der Waals surface area (Å²) in [6, 6.07) is 18.8. The number of hydrogen-bond acceptors (Lipinski definition) is 5. The average molecular weight is 666 g/mol. The summed E-state index contributed by atoms with van der Waals surface area (Å²) in [5.41, 5.74) is 1.36. The molecule has 0 saturated carbocycles. The predicted octanol–water partition coefficient (Wildman–Crippen LogP) is 6.92. The number of carbonyl (C=O) groups is 1. The number of benzene rings is 4. The molecule has 0 fully saturated rings. The van der Waals surface area contributed by atoms with Crippen LogP contribution in [0.2, 0.25) is 5.02 Å². The minimum Gasteiger partial charge on any atom is -0.325 e. The maximum Gasteiger partial charge on any atom is 0.417 e. The summed E-state index contributed by atoms with van der Waals surface area (Å²) in [6.45, 7) is 4.85. The fourth-order valence-corrected chi connectivity index (χ4v) is 6.99. The summed E-state index contributed by atoms with van der Waals surface area (Å²) in [5, 5.41) is 1.98. The molecule has 232 valence electrons. The van der Waals surface area contributed by atoms with E-state index in [1.54, 1.807) is 38.1 Å². The molecule has 0 aromatic heterocycles. The van der Waals surface area contributed by atoms with Gasteiger partial charge in [0.15, 0.2) is 0 Å². The molecule has 1 amide bonds. The molecule has 0 atom stereocenters. The van der Waals surface area contributed by atoms with Crippen LogP contribution in [0.15, 0.2) is 94.7 Å². The molecular formula is C30H27ClF3N3O5S2. The highest BCUT2D eigenvalue weighted by atomic mass is 35.5. The number of nitrogens with one attached hydrogen (secondary N) is 2. The quantitative estimate of drug-likeness (QED) is 0.202. The van der Waals surface area contributed by atoms with Crippen molar-refractivity contribution in [1.82, 2.24) is 0 Å². The number of hydrogen-bond donors (Lipinski definition) is 2. The second kappa shape index (κ2) is 12.5. The van der Waals surface area contributed by atoms with Gasteiger partial charge in [0.05, 0.1) is 26.1 Å². The highest BCUT2D eigenvalue weighted by Gasteiger charge is 2.34. The third-order valence-corrected chi connectivity index (χ3v) is 9.88. The molecule has 0 aliphatic rings. The SMILES string of the molecule is Cc1ccc(S(=O)(=O)N(CC(=O)Nc2ccc(S(=O)(=O)Nc3ccc(Cl)c(C(F)(F)F)c3)cc2)c2cc(C)cc(C)c2)cc1. The Hall–Kier alpha value is -4.07. The summed E-state index contributed by atoms with van der Waals surface area (Å²) in [4.78, 5) is 12.8. The number of amides is 1. The van der Waals surface area contributed by atoms with Gasteiger partial charge in [-0.15, -0.1) is 0 Å². The van der Waals surface area contributed by atoms with Crippen molar-refractivity contribution in [2.45, 2.75) is 36.7 Å². The van der Waals surface area contributed by atoms with Gasteiger partial charge in [-0.2, -0.15) is 13.2 Å². The number of anilines is 3. The monoisotopic (exact) mass is 665 g/mol. The van der Waals surface area contributed by atoms with Crippen molar-refractivity contribution in [2.75, 3.05) is 20.9 Å². The van der Waals surface area contributed by atoms with Gasteiger partial charge in [0, 0.05) is 11.4 Å². The molecule has 14 heteroatoms. The van der Waals surface area contributed by atoms with Gasteiger partial charge in [-0.1, -0.05) is 35.4 Å². The van der Waals surface area contributed by atoms with Gasteiger partial charge < -0.3 is 5.32 Å². The number of halogens is 4. The first kappa shape index (κ1) is 32.8. The lowest BCUT2D eigenvalue weighted by molar-refractivity contribution is -0.137. The van der Waals surface area contributed by atoms with Crippen molar-refractivity contribution in [3.05, 3.63) is 112 Å². The van der Waals surface area contributed by atoms with Crippen LogP contribution in [0.25, 0.3) is 0 Å². The first-order chi connectivity index (χ1) is 20.5. The molecule has 2 N–H and O–H groups in total. The Labute approximate surface area is 258 Å². The summed E-state index contributed by atoms with van der Waals surface area (Å²) < 4.78 is 95.6. The van der Waals surface area contributed by atoms with Crippen LogP contribution in [-0.4, -0.2) is 29.3 Å². The second-order valence-corrected chi connectivity index (χ2v) is 14.0. The molecule has 44 heavy (non-hydrogen) atoms. The van der Waals surface area contributed by atoms with Gasteiger partial charge in [0.2, 0.25) is 5.91 Å². The third-order valence-electron chi connectivity index (χ3n) is 6.36. The molecule has 0 unspecified atom stereocenters. The molecular weight excluding hydrogens is 639 g/mol. The van der Waals surface area contributed by atoms with E-state index in [0.29, 0.717) is 11.8 Å². The Morgan fingerprint density at radius 2 is 1.30 bits per heavy atom. The van der Waals surface area contributed by atoms with E-state index in [1.165, 1.54) is 24.3 Å². The Balaban J connectivity index is 1.54. The largest absolute Gasteiger partial charge is 0.417 e. The molecule has 4 aromatic rings. The van der Waals surface area contributed by atoms with E-state index < -0.39 is 49.3 Å². The van der Waals surface area contributed by atoms with Gasteiger partial charge in [-0.3, -0.25) is 13.8 Å². The first-order valence-corrected chi connectivity index (χ1v) is 16.2. The molecule has 8 nitrogen and oxygen atoms in total. The Morgan fingerprint density at radius 3 is 1.86 bits per heavy atom. The molecule has 0 saturated heterocycles. The van der Waals surface area contributed by atoms with Gasteiger partial charge in [0.1, 0.15) is 6.54 Å². The highest BCUT2D eigenvalue weighted by molar-refractivity contribution is 7.93. The van der Waals surface area contributed by atoms with Crippen molar-refractivity contribution in [2.24, 2.45) is 0 Å². The lowest BCUT2D eigenvalue weighted by atomic mass is 10.1. The maximum atomic E-state index is 13.7. The van der Waals surface area contributed by atoms with E-state index in [-0.39, 0.29) is 21.2 Å². The van der Waals surface area contributed by atoms with Gasteiger partial charge >= 0.3 is 6.18 Å². The number of aryl methyl sites for hydroxylation is 3. The molecule has 0 heterocycles. The molecule has 0 aliphatic heterocycles. The van der Waals surface area contributed by atoms with E-state index >= 15 is 0 Å². The summed E-state index contributed by atoms with van der Waals surface area (Å²) in [7, 11) is -8.47. The zero-order chi connectivity index (χ0) is 32.4. The number of nitrogens with zero attached hydrogens (tertiary/aromatic N) is 1. The highest BCUT2D eigenvalue weighted by Crippen LogP contribution is 2.36. The van der Waals surface area contributed by atoms with Gasteiger partial charge in [-0.25, -0.2) is 16.8 Å². The van der Waals surface area contributed by atoms with E-state index in [4.69, 9.17) is 11.6 Å². The third kappa shape index (κ3) is 7.71. The van der Waals surface area contributed by atoms with E-state index in [1.807, 2.05) is 13.0 Å². The fraction of sp³-hybridized carbons (Fsp3) is 0.167. The minimum atomic E-state index is -4.79. The zero-order valence-electron chi connectivity index (χ0n) is 23.6. The first-order valence-electron chi connectivity index (χ1n) is 12.9. The smallest absolute Gasteiger partial charge is 0.325 e. The molecule has 0 bridgehead atoms. The van der Waals surface area contributed by atoms with Crippen molar-refractivity contribution >= 4 is 54.6 Å². The lowest BCUT2D eigenvalue weighted by Gasteiger charge is -2.25. The normalized spacial score (nSPS) is 12.1. The average Bonchev–Trinajstić information content (AvgIpc) is 2.92. The van der Waals surface area contributed by atoms with Crippen molar-refractivity contribution in [3.63, 3.8) is 0 Å². The second-order valence-electron chi connectivity index (χ2n) is 10.0. The van der Waals surface area contributed by atoms with Crippen molar-refractivity contribution in [1.29, 1.82) is 0 Å². The van der Waals surface area contributed by atoms with Crippen LogP contribution in [0, 0.1) is 20.8 Å². The fourth-order valence-electron chi connectivity index (χ4n) is 4.32. The van der Waals surface area contributed by atoms with E-state index in [2.05, 4.69) is 10.0 Å². The predicted molar refractivity (Wildman–Crippen MR) is 164 cm³/mol.